The Morgan fingerprint density at radius 1 is 1.04 bits per heavy atom. The summed E-state index contributed by atoms with van der Waals surface area (Å²) in [4.78, 5) is 14.6. The Morgan fingerprint density at radius 2 is 1.69 bits per heavy atom. The van der Waals surface area contributed by atoms with E-state index >= 15 is 0 Å². The lowest BCUT2D eigenvalue weighted by Gasteiger charge is -2.26. The van der Waals surface area contributed by atoms with Crippen LogP contribution in [0.5, 0.6) is 5.75 Å². The molecule has 2 aliphatic heterocycles. The van der Waals surface area contributed by atoms with E-state index in [4.69, 9.17) is 4.74 Å². The lowest BCUT2D eigenvalue weighted by molar-refractivity contribution is -0.132. The highest BCUT2D eigenvalue weighted by Crippen LogP contribution is 2.27. The number of carbonyl (C=O) groups is 1. The summed E-state index contributed by atoms with van der Waals surface area (Å²) in [5.74, 6) is 0.774. The SMILES string of the molecule is COc1ccc(S(=O)(=O)N2CCCC2)cc1CCC(=O)N1CCCCC1. The van der Waals surface area contributed by atoms with E-state index in [-0.39, 0.29) is 5.91 Å². The summed E-state index contributed by atoms with van der Waals surface area (Å²) in [6.07, 6.45) is 6.01. The van der Waals surface area contributed by atoms with Crippen LogP contribution in [0.3, 0.4) is 0 Å². The molecule has 1 amide bonds. The van der Waals surface area contributed by atoms with Crippen LogP contribution in [0.2, 0.25) is 0 Å². The quantitative estimate of drug-likeness (QED) is 0.760. The van der Waals surface area contributed by atoms with E-state index in [9.17, 15) is 13.2 Å². The zero-order valence-electron chi connectivity index (χ0n) is 15.4. The first kappa shape index (κ1) is 19.2. The molecule has 2 heterocycles. The molecule has 0 aromatic heterocycles. The number of rotatable bonds is 6. The number of methoxy groups -OCH3 is 1. The minimum absolute atomic E-state index is 0.138. The molecule has 7 heteroatoms. The van der Waals surface area contributed by atoms with Crippen LogP contribution in [0, 0.1) is 0 Å². The number of amides is 1. The summed E-state index contributed by atoms with van der Waals surface area (Å²) in [6.45, 7) is 2.83. The summed E-state index contributed by atoms with van der Waals surface area (Å²) >= 11 is 0. The van der Waals surface area contributed by atoms with Gasteiger partial charge < -0.3 is 9.64 Å². The van der Waals surface area contributed by atoms with E-state index in [1.165, 1.54) is 10.7 Å². The lowest BCUT2D eigenvalue weighted by Crippen LogP contribution is -2.35. The van der Waals surface area contributed by atoms with Crippen molar-refractivity contribution in [1.82, 2.24) is 9.21 Å². The Bertz CT molecular complexity index is 736. The highest BCUT2D eigenvalue weighted by atomic mass is 32.2. The van der Waals surface area contributed by atoms with Gasteiger partial charge in [0.15, 0.2) is 0 Å². The lowest BCUT2D eigenvalue weighted by atomic mass is 10.1. The maximum atomic E-state index is 12.8. The number of benzene rings is 1. The average Bonchev–Trinajstić information content (AvgIpc) is 3.22. The number of piperidine rings is 1. The molecule has 0 N–H and O–H groups in total. The first-order valence-corrected chi connectivity index (χ1v) is 10.9. The molecule has 0 saturated carbocycles. The molecule has 144 valence electrons. The van der Waals surface area contributed by atoms with Crippen LogP contribution in [-0.2, 0) is 21.2 Å². The minimum atomic E-state index is -3.46. The third kappa shape index (κ3) is 4.20. The molecule has 2 saturated heterocycles. The predicted octanol–water partition coefficient (Wildman–Crippen LogP) is 2.42. The molecular formula is C19H28N2O4S. The number of sulfonamides is 1. The normalized spacial score (nSPS) is 18.9. The molecule has 0 radical (unpaired) electrons. The Kier molecular flexibility index (Phi) is 6.19. The molecule has 0 spiro atoms. The first-order valence-electron chi connectivity index (χ1n) is 9.47. The first-order chi connectivity index (χ1) is 12.5. The number of ether oxygens (including phenoxy) is 1. The highest BCUT2D eigenvalue weighted by molar-refractivity contribution is 7.89. The molecule has 2 fully saturated rings. The number of aryl methyl sites for hydroxylation is 1. The molecule has 3 rings (SSSR count). The zero-order valence-corrected chi connectivity index (χ0v) is 16.3. The van der Waals surface area contributed by atoms with Gasteiger partial charge in [-0.15, -0.1) is 0 Å². The van der Waals surface area contributed by atoms with Crippen molar-refractivity contribution in [2.75, 3.05) is 33.3 Å². The van der Waals surface area contributed by atoms with Crippen molar-refractivity contribution in [2.24, 2.45) is 0 Å². The average molecular weight is 381 g/mol. The van der Waals surface area contributed by atoms with E-state index in [1.54, 1.807) is 25.3 Å². The van der Waals surface area contributed by atoms with Gasteiger partial charge in [-0.05, 0) is 62.3 Å². The third-order valence-electron chi connectivity index (χ3n) is 5.27. The molecular weight excluding hydrogens is 352 g/mol. The van der Waals surface area contributed by atoms with E-state index in [2.05, 4.69) is 0 Å². The fourth-order valence-electron chi connectivity index (χ4n) is 3.73. The van der Waals surface area contributed by atoms with Gasteiger partial charge in [0, 0.05) is 32.6 Å². The summed E-state index contributed by atoms with van der Waals surface area (Å²) in [5, 5.41) is 0. The largest absolute Gasteiger partial charge is 0.496 e. The highest BCUT2D eigenvalue weighted by Gasteiger charge is 2.28. The number of hydrogen-bond donors (Lipinski definition) is 0. The summed E-state index contributed by atoms with van der Waals surface area (Å²) in [7, 11) is -1.89. The minimum Gasteiger partial charge on any atom is -0.496 e. The van der Waals surface area contributed by atoms with Crippen LogP contribution in [0.15, 0.2) is 23.1 Å². The van der Waals surface area contributed by atoms with Crippen molar-refractivity contribution in [3.05, 3.63) is 23.8 Å². The van der Waals surface area contributed by atoms with Gasteiger partial charge in [-0.1, -0.05) is 0 Å². The third-order valence-corrected chi connectivity index (χ3v) is 7.17. The number of nitrogens with zero attached hydrogens (tertiary/aromatic N) is 2. The maximum Gasteiger partial charge on any atom is 0.243 e. The van der Waals surface area contributed by atoms with Gasteiger partial charge >= 0.3 is 0 Å². The van der Waals surface area contributed by atoms with Crippen LogP contribution < -0.4 is 4.74 Å². The summed E-state index contributed by atoms with van der Waals surface area (Å²) in [6, 6.07) is 4.97. The van der Waals surface area contributed by atoms with Crippen LogP contribution in [0.25, 0.3) is 0 Å². The van der Waals surface area contributed by atoms with Crippen molar-refractivity contribution in [1.29, 1.82) is 0 Å². The smallest absolute Gasteiger partial charge is 0.243 e. The number of likely N-dealkylation sites (tertiary alicyclic amines) is 1. The predicted molar refractivity (Wildman–Crippen MR) is 99.7 cm³/mol. The van der Waals surface area contributed by atoms with Crippen LogP contribution >= 0.6 is 0 Å². The molecule has 0 atom stereocenters. The van der Waals surface area contributed by atoms with Gasteiger partial charge in [0.2, 0.25) is 15.9 Å². The Labute approximate surface area is 156 Å². The summed E-state index contributed by atoms with van der Waals surface area (Å²) < 4.78 is 32.5. The van der Waals surface area contributed by atoms with Gasteiger partial charge in [-0.2, -0.15) is 4.31 Å². The van der Waals surface area contributed by atoms with E-state index in [0.29, 0.717) is 36.6 Å². The molecule has 1 aromatic carbocycles. The van der Waals surface area contributed by atoms with Crippen molar-refractivity contribution >= 4 is 15.9 Å². The molecule has 2 aliphatic rings. The standard InChI is InChI=1S/C19H28N2O4S/c1-25-18-9-8-17(26(23,24)21-13-5-6-14-21)15-16(18)7-10-19(22)20-11-3-2-4-12-20/h8-9,15H,2-7,10-14H2,1H3. The number of hydrogen-bond acceptors (Lipinski definition) is 4. The maximum absolute atomic E-state index is 12.8. The van der Waals surface area contributed by atoms with E-state index in [0.717, 1.165) is 44.3 Å². The molecule has 26 heavy (non-hydrogen) atoms. The van der Waals surface area contributed by atoms with E-state index in [1.807, 2.05) is 4.90 Å². The van der Waals surface area contributed by atoms with Gasteiger partial charge in [-0.3, -0.25) is 4.79 Å². The number of carbonyl (C=O) groups excluding carboxylic acids is 1. The van der Waals surface area contributed by atoms with Crippen molar-refractivity contribution < 1.29 is 17.9 Å². The Morgan fingerprint density at radius 3 is 2.35 bits per heavy atom. The van der Waals surface area contributed by atoms with Gasteiger partial charge in [-0.25, -0.2) is 8.42 Å². The monoisotopic (exact) mass is 380 g/mol. The second-order valence-corrected chi connectivity index (χ2v) is 8.96. The molecule has 0 aliphatic carbocycles. The van der Waals surface area contributed by atoms with Crippen molar-refractivity contribution in [3.63, 3.8) is 0 Å². The molecule has 6 nitrogen and oxygen atoms in total. The van der Waals surface area contributed by atoms with Crippen molar-refractivity contribution in [3.8, 4) is 5.75 Å². The van der Waals surface area contributed by atoms with Crippen LogP contribution in [-0.4, -0.2) is 56.8 Å². The Hall–Kier alpha value is -1.60. The van der Waals surface area contributed by atoms with Crippen LogP contribution in [0.4, 0.5) is 0 Å². The van der Waals surface area contributed by atoms with E-state index < -0.39 is 10.0 Å². The summed E-state index contributed by atoms with van der Waals surface area (Å²) in [5.41, 5.74) is 0.776. The molecule has 0 bridgehead atoms. The molecule has 0 unspecified atom stereocenters. The second kappa shape index (κ2) is 8.39. The zero-order chi connectivity index (χ0) is 18.6. The topological polar surface area (TPSA) is 66.9 Å². The fraction of sp³-hybridized carbons (Fsp3) is 0.632. The van der Waals surface area contributed by atoms with Crippen LogP contribution in [0.1, 0.15) is 44.1 Å². The van der Waals surface area contributed by atoms with Crippen molar-refractivity contribution in [2.45, 2.75) is 49.8 Å². The second-order valence-electron chi connectivity index (χ2n) is 7.03. The Balaban J connectivity index is 1.74. The van der Waals surface area contributed by atoms with Gasteiger partial charge in [0.05, 0.1) is 12.0 Å². The fourth-order valence-corrected chi connectivity index (χ4v) is 5.30. The van der Waals surface area contributed by atoms with Gasteiger partial charge in [0.25, 0.3) is 0 Å². The molecule has 1 aromatic rings. The van der Waals surface area contributed by atoms with Gasteiger partial charge in [0.1, 0.15) is 5.75 Å².